The standard InChI is InChI=1S/C25H44N8O10/c1-12(34)9-40-6-4-17-41-10-14(42-17)20-19(36)18(31-16(35)7-13(27)3-2-5-26)21(43-20)32-23-28-8-15(30-23)25(39)11-29-24(38)33-22(25)37/h12-15,17-21,34,36,39H,2-11,26-27H2,1H3,(H,31,35)(H2,28,30,32)(H2,29,33,37,38). The average Bonchev–Trinajstić information content (AvgIpc) is 3.69. The SMILES string of the molecule is CC(O)COCCC1OCC(C2OC(NC3=NCC(C4(O)CNC(=O)NC4=O)N3)C(NC(=O)CC(N)CCCN)C2O)O1. The van der Waals surface area contributed by atoms with Crippen LogP contribution < -0.4 is 38.1 Å². The van der Waals surface area contributed by atoms with E-state index >= 15 is 0 Å². The first-order chi connectivity index (χ1) is 20.5. The number of hydrogen-bond acceptors (Lipinski definition) is 15. The van der Waals surface area contributed by atoms with Crippen LogP contribution in [0.1, 0.15) is 32.6 Å². The van der Waals surface area contributed by atoms with Crippen LogP contribution in [0.2, 0.25) is 0 Å². The number of amides is 4. The number of guanidine groups is 1. The summed E-state index contributed by atoms with van der Waals surface area (Å²) >= 11 is 0. The maximum absolute atomic E-state index is 12.9. The Hall–Kier alpha value is -2.68. The zero-order valence-electron chi connectivity index (χ0n) is 24.1. The van der Waals surface area contributed by atoms with Gasteiger partial charge in [-0.1, -0.05) is 0 Å². The molecule has 18 nitrogen and oxygen atoms in total. The summed E-state index contributed by atoms with van der Waals surface area (Å²) in [6.07, 6.45) is -3.36. The van der Waals surface area contributed by atoms with Gasteiger partial charge in [0.2, 0.25) is 5.91 Å². The molecule has 12 N–H and O–H groups in total. The van der Waals surface area contributed by atoms with Crippen molar-refractivity contribution in [1.29, 1.82) is 0 Å². The van der Waals surface area contributed by atoms with Crippen molar-refractivity contribution in [1.82, 2.24) is 26.6 Å². The molecular formula is C25H44N8O10. The first-order valence-corrected chi connectivity index (χ1v) is 14.5. The van der Waals surface area contributed by atoms with Gasteiger partial charge in [0, 0.05) is 18.9 Å². The number of rotatable bonds is 14. The van der Waals surface area contributed by atoms with Crippen LogP contribution in [-0.4, -0.2) is 139 Å². The van der Waals surface area contributed by atoms with Gasteiger partial charge in [0.1, 0.15) is 24.4 Å². The van der Waals surface area contributed by atoms with Crippen molar-refractivity contribution < 1.29 is 48.7 Å². The lowest BCUT2D eigenvalue weighted by atomic mass is 9.92. The Labute approximate surface area is 248 Å². The summed E-state index contributed by atoms with van der Waals surface area (Å²) in [6, 6.07) is -2.96. The molecule has 18 heteroatoms. The Kier molecular flexibility index (Phi) is 11.5. The molecule has 0 aliphatic carbocycles. The molecule has 0 radical (unpaired) electrons. The third-order valence-corrected chi connectivity index (χ3v) is 7.62. The molecule has 10 atom stereocenters. The van der Waals surface area contributed by atoms with E-state index in [1.165, 1.54) is 0 Å². The summed E-state index contributed by atoms with van der Waals surface area (Å²) in [4.78, 5) is 41.0. The lowest BCUT2D eigenvalue weighted by Crippen LogP contribution is -2.71. The summed E-state index contributed by atoms with van der Waals surface area (Å²) in [5.74, 6) is -1.11. The first kappa shape index (κ1) is 33.2. The molecule has 4 heterocycles. The average molecular weight is 617 g/mol. The number of hydrogen-bond donors (Lipinski definition) is 10. The van der Waals surface area contributed by atoms with Crippen molar-refractivity contribution >= 4 is 23.8 Å². The molecule has 3 saturated heterocycles. The van der Waals surface area contributed by atoms with Crippen molar-refractivity contribution in [2.75, 3.05) is 39.5 Å². The smallest absolute Gasteiger partial charge is 0.321 e. The summed E-state index contributed by atoms with van der Waals surface area (Å²) < 4.78 is 23.2. The highest BCUT2D eigenvalue weighted by Crippen LogP contribution is 2.29. The molecule has 0 aromatic rings. The van der Waals surface area contributed by atoms with Crippen LogP contribution in [-0.2, 0) is 28.5 Å². The van der Waals surface area contributed by atoms with Crippen molar-refractivity contribution in [3.8, 4) is 0 Å². The Balaban J connectivity index is 1.38. The lowest BCUT2D eigenvalue weighted by Gasteiger charge is -2.35. The molecule has 0 aromatic carbocycles. The molecule has 3 fully saturated rings. The summed E-state index contributed by atoms with van der Waals surface area (Å²) in [5, 5.41) is 44.7. The minimum atomic E-state index is -1.96. The second-order valence-corrected chi connectivity index (χ2v) is 11.2. The summed E-state index contributed by atoms with van der Waals surface area (Å²) in [7, 11) is 0. The second kappa shape index (κ2) is 14.9. The van der Waals surface area contributed by atoms with Crippen molar-refractivity contribution in [3.05, 3.63) is 0 Å². The normalized spacial score (nSPS) is 35.5. The summed E-state index contributed by atoms with van der Waals surface area (Å²) in [6.45, 7) is 2.35. The van der Waals surface area contributed by atoms with Gasteiger partial charge in [-0.05, 0) is 26.3 Å². The van der Waals surface area contributed by atoms with E-state index in [-0.39, 0.29) is 38.7 Å². The highest BCUT2D eigenvalue weighted by Gasteiger charge is 2.52. The molecule has 4 aliphatic rings. The zero-order chi connectivity index (χ0) is 31.1. The molecule has 4 aliphatic heterocycles. The van der Waals surface area contributed by atoms with Gasteiger partial charge >= 0.3 is 6.03 Å². The van der Waals surface area contributed by atoms with E-state index in [2.05, 4.69) is 26.3 Å². The van der Waals surface area contributed by atoms with Gasteiger partial charge in [0.25, 0.3) is 5.91 Å². The number of nitrogens with one attached hydrogen (secondary N) is 5. The molecule has 43 heavy (non-hydrogen) atoms. The van der Waals surface area contributed by atoms with Crippen LogP contribution >= 0.6 is 0 Å². The number of urea groups is 1. The molecule has 0 aromatic heterocycles. The molecule has 0 spiro atoms. The third kappa shape index (κ3) is 8.49. The quantitative estimate of drug-likeness (QED) is 0.0819. The second-order valence-electron chi connectivity index (χ2n) is 11.2. The first-order valence-electron chi connectivity index (χ1n) is 14.5. The highest BCUT2D eigenvalue weighted by atomic mass is 16.7. The number of nitrogens with two attached hydrogens (primary N) is 2. The van der Waals surface area contributed by atoms with Gasteiger partial charge in [0.05, 0.1) is 45.1 Å². The van der Waals surface area contributed by atoms with Gasteiger partial charge in [-0.25, -0.2) is 4.79 Å². The maximum atomic E-state index is 12.9. The van der Waals surface area contributed by atoms with Crippen LogP contribution in [0.15, 0.2) is 4.99 Å². The zero-order valence-corrected chi connectivity index (χ0v) is 24.1. The van der Waals surface area contributed by atoms with Crippen LogP contribution in [0, 0.1) is 0 Å². The Morgan fingerprint density at radius 1 is 1.33 bits per heavy atom. The predicted molar refractivity (Wildman–Crippen MR) is 148 cm³/mol. The monoisotopic (exact) mass is 616 g/mol. The molecule has 4 amide bonds. The minimum Gasteiger partial charge on any atom is -0.391 e. The van der Waals surface area contributed by atoms with Crippen LogP contribution in [0.25, 0.3) is 0 Å². The number of aliphatic imine (C=N–C) groups is 1. The van der Waals surface area contributed by atoms with E-state index in [0.29, 0.717) is 32.4 Å². The van der Waals surface area contributed by atoms with Crippen molar-refractivity contribution in [2.24, 2.45) is 16.5 Å². The van der Waals surface area contributed by atoms with Gasteiger partial charge < -0.3 is 67.0 Å². The molecule has 10 unspecified atom stereocenters. The van der Waals surface area contributed by atoms with Gasteiger partial charge in [0.15, 0.2) is 24.1 Å². The number of aliphatic hydroxyl groups excluding tert-OH is 2. The largest absolute Gasteiger partial charge is 0.391 e. The molecular weight excluding hydrogens is 572 g/mol. The fourth-order valence-corrected chi connectivity index (χ4v) is 5.27. The van der Waals surface area contributed by atoms with E-state index in [0.717, 1.165) is 0 Å². The van der Waals surface area contributed by atoms with Gasteiger partial charge in [-0.15, -0.1) is 0 Å². The Morgan fingerprint density at radius 2 is 2.12 bits per heavy atom. The predicted octanol–water partition coefficient (Wildman–Crippen LogP) is -4.97. The van der Waals surface area contributed by atoms with Crippen molar-refractivity contribution in [3.63, 3.8) is 0 Å². The van der Waals surface area contributed by atoms with Crippen LogP contribution in [0.4, 0.5) is 4.79 Å². The van der Waals surface area contributed by atoms with Gasteiger partial charge in [-0.3, -0.25) is 19.9 Å². The van der Waals surface area contributed by atoms with E-state index < -0.39 is 78.5 Å². The third-order valence-electron chi connectivity index (χ3n) is 7.62. The number of nitrogens with zero attached hydrogens (tertiary/aromatic N) is 1. The summed E-state index contributed by atoms with van der Waals surface area (Å²) in [5.41, 5.74) is 9.64. The fraction of sp³-hybridized carbons (Fsp3) is 0.840. The lowest BCUT2D eigenvalue weighted by molar-refractivity contribution is -0.142. The van der Waals surface area contributed by atoms with E-state index in [1.807, 2.05) is 5.32 Å². The number of aliphatic hydroxyl groups is 3. The van der Waals surface area contributed by atoms with Crippen LogP contribution in [0.5, 0.6) is 0 Å². The number of carbonyl (C=O) groups is 3. The Morgan fingerprint density at radius 3 is 2.84 bits per heavy atom. The number of ether oxygens (including phenoxy) is 4. The molecule has 0 saturated carbocycles. The topological polar surface area (TPSA) is 273 Å². The van der Waals surface area contributed by atoms with Crippen LogP contribution in [0.3, 0.4) is 0 Å². The Bertz CT molecular complexity index is 1020. The fourth-order valence-electron chi connectivity index (χ4n) is 5.27. The van der Waals surface area contributed by atoms with Crippen molar-refractivity contribution in [2.45, 2.75) is 93.3 Å². The maximum Gasteiger partial charge on any atom is 0.321 e. The molecule has 0 bridgehead atoms. The van der Waals surface area contributed by atoms with Gasteiger partial charge in [-0.2, -0.15) is 0 Å². The number of carbonyl (C=O) groups excluding carboxylic acids is 3. The molecule has 244 valence electrons. The minimum absolute atomic E-state index is 0.00725. The number of β-amino-alcohol motifs (C(OH)–C–C–N with tert-alkyl or cyclic N) is 1. The van der Waals surface area contributed by atoms with E-state index in [4.69, 9.17) is 30.4 Å². The van der Waals surface area contributed by atoms with E-state index in [1.54, 1.807) is 6.92 Å². The highest BCUT2D eigenvalue weighted by molar-refractivity contribution is 6.02. The number of imide groups is 1. The molecule has 4 rings (SSSR count). The van der Waals surface area contributed by atoms with E-state index in [9.17, 15) is 29.7 Å².